The second kappa shape index (κ2) is 26.2. The molecule has 0 unspecified atom stereocenters. The monoisotopic (exact) mass is 835 g/mol. The van der Waals surface area contributed by atoms with E-state index in [1.807, 2.05) is 24.8 Å². The number of rotatable bonds is 30. The van der Waals surface area contributed by atoms with Crippen molar-refractivity contribution in [3.05, 3.63) is 83.4 Å². The third-order valence-corrected chi connectivity index (χ3v) is 20.2. The number of nitrogens with zero attached hydrogens (tertiary/aromatic N) is 4. The third kappa shape index (κ3) is 17.8. The van der Waals surface area contributed by atoms with Gasteiger partial charge in [0, 0.05) is 52.1 Å². The zero-order chi connectivity index (χ0) is 42.4. The molecule has 0 saturated heterocycles. The number of hydrogen-bond acceptors (Lipinski definition) is 5. The maximum Gasteiger partial charge on any atom is 0.159 e. The molecule has 0 fully saturated rings. The van der Waals surface area contributed by atoms with Crippen LogP contribution in [0.5, 0.6) is 11.5 Å². The minimum Gasteiger partial charge on any atom is -0.457 e. The van der Waals surface area contributed by atoms with Crippen LogP contribution in [0.2, 0.25) is 50.4 Å². The van der Waals surface area contributed by atoms with Crippen LogP contribution >= 0.6 is 0 Å². The van der Waals surface area contributed by atoms with Crippen LogP contribution in [0.1, 0.15) is 153 Å². The topological polar surface area (TPSA) is 60.8 Å². The van der Waals surface area contributed by atoms with E-state index in [2.05, 4.69) is 90.3 Å². The van der Waals surface area contributed by atoms with Gasteiger partial charge in [0.2, 0.25) is 0 Å². The molecular formula is C52H82N4OSi2. The summed E-state index contributed by atoms with van der Waals surface area (Å²) in [5, 5.41) is 0. The molecule has 2 aromatic heterocycles. The molecule has 0 radical (unpaired) electrons. The number of benzene rings is 2. The van der Waals surface area contributed by atoms with Crippen LogP contribution in [0.3, 0.4) is 0 Å². The van der Waals surface area contributed by atoms with E-state index in [1.165, 1.54) is 136 Å². The van der Waals surface area contributed by atoms with Crippen molar-refractivity contribution in [1.29, 1.82) is 0 Å². The molecule has 59 heavy (non-hydrogen) atoms. The van der Waals surface area contributed by atoms with Crippen LogP contribution in [-0.2, 0) is 25.7 Å². The van der Waals surface area contributed by atoms with Gasteiger partial charge in [-0.1, -0.05) is 155 Å². The SMILES string of the molecule is CCCCCCCCc1cnc(-c2ccc(Oc3ccc(-c4ncc(CCCCCCCC)cn4)cc3CCCC[Si](C)(C)CC)c(CCCC[Si](C)(C)CC)c2)nc1. The zero-order valence-corrected chi connectivity index (χ0v) is 40.9. The molecule has 0 N–H and O–H groups in total. The van der Waals surface area contributed by atoms with E-state index >= 15 is 0 Å². The van der Waals surface area contributed by atoms with Crippen molar-refractivity contribution < 1.29 is 4.74 Å². The summed E-state index contributed by atoms with van der Waals surface area (Å²) in [6.45, 7) is 19.4. The lowest BCUT2D eigenvalue weighted by Crippen LogP contribution is -2.23. The van der Waals surface area contributed by atoms with Crippen LogP contribution in [0, 0.1) is 0 Å². The van der Waals surface area contributed by atoms with Gasteiger partial charge in [-0.2, -0.15) is 0 Å². The molecule has 324 valence electrons. The quantitative estimate of drug-likeness (QED) is 0.0387. The second-order valence-corrected chi connectivity index (χ2v) is 30.1. The van der Waals surface area contributed by atoms with Crippen molar-refractivity contribution in [3.63, 3.8) is 0 Å². The maximum absolute atomic E-state index is 6.99. The first-order valence-corrected chi connectivity index (χ1v) is 31.0. The molecule has 7 heteroatoms. The lowest BCUT2D eigenvalue weighted by atomic mass is 10.0. The predicted octanol–water partition coefficient (Wildman–Crippen LogP) is 16.3. The van der Waals surface area contributed by atoms with E-state index in [1.54, 1.807) is 0 Å². The van der Waals surface area contributed by atoms with Gasteiger partial charge in [0.1, 0.15) is 11.5 Å². The Hall–Kier alpha value is -3.17. The average Bonchev–Trinajstić information content (AvgIpc) is 3.25. The van der Waals surface area contributed by atoms with Crippen molar-refractivity contribution in [2.75, 3.05) is 0 Å². The van der Waals surface area contributed by atoms with Crippen LogP contribution in [0.25, 0.3) is 22.8 Å². The summed E-state index contributed by atoms with van der Waals surface area (Å²) < 4.78 is 6.99. The fourth-order valence-corrected chi connectivity index (χ4v) is 10.9. The summed E-state index contributed by atoms with van der Waals surface area (Å²) in [6, 6.07) is 18.7. The first-order chi connectivity index (χ1) is 28.6. The van der Waals surface area contributed by atoms with E-state index in [0.717, 1.165) is 72.8 Å². The smallest absolute Gasteiger partial charge is 0.159 e. The first-order valence-electron chi connectivity index (χ1n) is 24.1. The fourth-order valence-electron chi connectivity index (χ4n) is 7.82. The molecule has 5 nitrogen and oxygen atoms in total. The van der Waals surface area contributed by atoms with Crippen molar-refractivity contribution in [2.45, 2.75) is 206 Å². The highest BCUT2D eigenvalue weighted by atomic mass is 28.3. The van der Waals surface area contributed by atoms with Gasteiger partial charge in [-0.15, -0.1) is 0 Å². The normalized spacial score (nSPS) is 12.0. The largest absolute Gasteiger partial charge is 0.457 e. The number of hydrogen-bond donors (Lipinski definition) is 0. The lowest BCUT2D eigenvalue weighted by molar-refractivity contribution is 0.468. The molecule has 4 aromatic rings. The molecule has 2 heterocycles. The Balaban J connectivity index is 1.55. The molecule has 4 rings (SSSR count). The van der Waals surface area contributed by atoms with Gasteiger partial charge in [0.15, 0.2) is 11.6 Å². The summed E-state index contributed by atoms with van der Waals surface area (Å²) >= 11 is 0. The van der Waals surface area contributed by atoms with Gasteiger partial charge in [0.05, 0.1) is 0 Å². The van der Waals surface area contributed by atoms with E-state index in [9.17, 15) is 0 Å². The van der Waals surface area contributed by atoms with E-state index in [-0.39, 0.29) is 0 Å². The zero-order valence-electron chi connectivity index (χ0n) is 38.9. The Morgan fingerprint density at radius 1 is 0.424 bits per heavy atom. The number of aryl methyl sites for hydroxylation is 4. The van der Waals surface area contributed by atoms with Crippen molar-refractivity contribution in [3.8, 4) is 34.3 Å². The summed E-state index contributed by atoms with van der Waals surface area (Å²) in [4.78, 5) is 19.5. The van der Waals surface area contributed by atoms with Crippen LogP contribution in [0.4, 0.5) is 0 Å². The average molecular weight is 835 g/mol. The van der Waals surface area contributed by atoms with Gasteiger partial charge >= 0.3 is 0 Å². The lowest BCUT2D eigenvalue weighted by Gasteiger charge is -2.20. The number of ether oxygens (including phenoxy) is 1. The molecular weight excluding hydrogens is 753 g/mol. The van der Waals surface area contributed by atoms with E-state index in [0.29, 0.717) is 0 Å². The molecule has 0 aliphatic carbocycles. The van der Waals surface area contributed by atoms with E-state index in [4.69, 9.17) is 24.7 Å². The minimum atomic E-state index is -1.12. The van der Waals surface area contributed by atoms with Crippen LogP contribution in [0.15, 0.2) is 61.2 Å². The first kappa shape index (κ1) is 48.5. The molecule has 0 spiro atoms. The Labute approximate surface area is 363 Å². The van der Waals surface area contributed by atoms with Gasteiger partial charge in [-0.25, -0.2) is 19.9 Å². The van der Waals surface area contributed by atoms with Crippen LogP contribution < -0.4 is 4.74 Å². The summed E-state index contributed by atoms with van der Waals surface area (Å²) in [6.07, 6.45) is 32.7. The molecule has 0 atom stereocenters. The Bertz CT molecular complexity index is 1630. The highest BCUT2D eigenvalue weighted by molar-refractivity contribution is 6.77. The number of unbranched alkanes of at least 4 members (excludes halogenated alkanes) is 12. The van der Waals surface area contributed by atoms with Crippen molar-refractivity contribution in [2.24, 2.45) is 0 Å². The summed E-state index contributed by atoms with van der Waals surface area (Å²) in [7, 11) is -2.25. The number of aromatic nitrogens is 4. The van der Waals surface area contributed by atoms with E-state index < -0.39 is 16.1 Å². The predicted molar refractivity (Wildman–Crippen MR) is 261 cm³/mol. The fraction of sp³-hybridized carbons (Fsp3) is 0.615. The summed E-state index contributed by atoms with van der Waals surface area (Å²) in [5.74, 6) is 3.49. The van der Waals surface area contributed by atoms with Gasteiger partial charge < -0.3 is 4.74 Å². The second-order valence-electron chi connectivity index (χ2n) is 19.1. The Morgan fingerprint density at radius 2 is 0.780 bits per heavy atom. The van der Waals surface area contributed by atoms with Gasteiger partial charge in [0.25, 0.3) is 0 Å². The molecule has 0 aliphatic heterocycles. The molecule has 0 bridgehead atoms. The highest BCUT2D eigenvalue weighted by Crippen LogP contribution is 2.35. The minimum absolute atomic E-state index is 0.797. The molecule has 2 aromatic carbocycles. The third-order valence-electron chi connectivity index (χ3n) is 12.9. The van der Waals surface area contributed by atoms with Crippen molar-refractivity contribution in [1.82, 2.24) is 19.9 Å². The Kier molecular flexibility index (Phi) is 21.6. The molecule has 0 aliphatic rings. The van der Waals surface area contributed by atoms with Gasteiger partial charge in [-0.05, 0) is 110 Å². The Morgan fingerprint density at radius 3 is 1.15 bits per heavy atom. The highest BCUT2D eigenvalue weighted by Gasteiger charge is 2.19. The van der Waals surface area contributed by atoms with Crippen LogP contribution in [-0.4, -0.2) is 36.1 Å². The standard InChI is InChI=1S/C52H82N4OSi2/c1-9-13-15-17-19-21-27-43-39-53-51(54-40-43)47-31-33-49(45(37-47)29-23-25-35-58(5,6)11-3)57-50-34-32-48(38-46(50)30-24-26-36-59(7,8)12-4)52-55-41-44(42-56-52)28-22-20-18-16-14-10-2/h31-34,37-42H,9-30,35-36H2,1-8H3. The summed E-state index contributed by atoms with van der Waals surface area (Å²) in [5.41, 5.74) is 7.09. The van der Waals surface area contributed by atoms with Crippen molar-refractivity contribution >= 4 is 16.1 Å². The van der Waals surface area contributed by atoms with Gasteiger partial charge in [-0.3, -0.25) is 0 Å². The maximum atomic E-state index is 6.99. The molecule has 0 amide bonds. The molecule has 0 saturated carbocycles.